The molecule has 0 spiro atoms. The topological polar surface area (TPSA) is 102 Å². The van der Waals surface area contributed by atoms with Gasteiger partial charge in [0.15, 0.2) is 0 Å². The lowest BCUT2D eigenvalue weighted by Crippen LogP contribution is -2.30. The molecule has 3 aromatic rings. The number of carboxylic acid groups (broad SMARTS) is 1. The van der Waals surface area contributed by atoms with Crippen LogP contribution in [-0.4, -0.2) is 53.4 Å². The lowest BCUT2D eigenvalue weighted by molar-refractivity contribution is -0.132. The Hall–Kier alpha value is -4.07. The molecule has 35 heavy (non-hydrogen) atoms. The molecule has 2 aromatic carbocycles. The summed E-state index contributed by atoms with van der Waals surface area (Å²) in [6.45, 7) is 4.56. The molecule has 1 N–H and O–H groups in total. The average molecular weight is 477 g/mol. The van der Waals surface area contributed by atoms with Crippen LogP contribution in [0.4, 0.5) is 4.79 Å². The van der Waals surface area contributed by atoms with E-state index in [1.165, 1.54) is 4.90 Å². The summed E-state index contributed by atoms with van der Waals surface area (Å²) in [5, 5.41) is 9.59. The average Bonchev–Trinajstić information content (AvgIpc) is 3.44. The van der Waals surface area contributed by atoms with Crippen molar-refractivity contribution in [1.82, 2.24) is 9.88 Å². The normalized spacial score (nSPS) is 13.3. The molecule has 1 aliphatic rings. The summed E-state index contributed by atoms with van der Waals surface area (Å²) in [5.41, 5.74) is 3.61. The Morgan fingerprint density at radius 3 is 2.66 bits per heavy atom. The van der Waals surface area contributed by atoms with Crippen molar-refractivity contribution in [3.05, 3.63) is 82.8 Å². The highest BCUT2D eigenvalue weighted by atomic mass is 16.6. The number of carboxylic acids is 1. The number of nitrogens with zero attached hydrogens (tertiary/aromatic N) is 2. The van der Waals surface area contributed by atoms with E-state index in [1.54, 1.807) is 6.92 Å². The highest BCUT2D eigenvalue weighted by Crippen LogP contribution is 2.25. The van der Waals surface area contributed by atoms with Crippen molar-refractivity contribution in [2.75, 3.05) is 26.3 Å². The van der Waals surface area contributed by atoms with Crippen molar-refractivity contribution in [1.29, 1.82) is 0 Å². The van der Waals surface area contributed by atoms with Crippen molar-refractivity contribution in [3.63, 3.8) is 0 Å². The van der Waals surface area contributed by atoms with Crippen molar-refractivity contribution >= 4 is 12.1 Å². The van der Waals surface area contributed by atoms with Gasteiger partial charge in [-0.1, -0.05) is 30.3 Å². The third-order valence-corrected chi connectivity index (χ3v) is 5.78. The fourth-order valence-corrected chi connectivity index (χ4v) is 4.03. The first-order valence-electron chi connectivity index (χ1n) is 11.5. The van der Waals surface area contributed by atoms with Crippen molar-refractivity contribution < 1.29 is 28.6 Å². The van der Waals surface area contributed by atoms with E-state index in [1.807, 2.05) is 61.5 Å². The van der Waals surface area contributed by atoms with Crippen LogP contribution in [0, 0.1) is 6.92 Å². The lowest BCUT2D eigenvalue weighted by Gasteiger charge is -2.15. The second-order valence-electron chi connectivity index (χ2n) is 8.25. The predicted octanol–water partition coefficient (Wildman–Crippen LogP) is 4.67. The minimum Gasteiger partial charge on any atom is -0.493 e. The van der Waals surface area contributed by atoms with E-state index in [0.717, 1.165) is 22.6 Å². The Morgan fingerprint density at radius 1 is 1.11 bits per heavy atom. The molecule has 0 saturated carbocycles. The number of carbonyl (C=O) groups excluding carboxylic acids is 1. The van der Waals surface area contributed by atoms with Gasteiger partial charge in [0.25, 0.3) is 0 Å². The Bertz CT molecular complexity index is 1230. The molecule has 0 atom stereocenters. The number of aliphatic carboxylic acids is 1. The maximum absolute atomic E-state index is 12.1. The fourth-order valence-electron chi connectivity index (χ4n) is 4.03. The zero-order valence-electron chi connectivity index (χ0n) is 19.8. The SMILES string of the molecule is CCOC(=O)N1CC(Cc2cccc(OCCc3nc(-c4ccccc4)oc3C)c2)=C(C(=O)O)C1. The molecule has 8 heteroatoms. The zero-order valence-corrected chi connectivity index (χ0v) is 19.8. The van der Waals surface area contributed by atoms with Gasteiger partial charge in [0.1, 0.15) is 11.5 Å². The van der Waals surface area contributed by atoms with Gasteiger partial charge in [0.05, 0.1) is 31.0 Å². The monoisotopic (exact) mass is 476 g/mol. The van der Waals surface area contributed by atoms with Gasteiger partial charge in [-0.2, -0.15) is 0 Å². The minimum atomic E-state index is -1.02. The van der Waals surface area contributed by atoms with E-state index >= 15 is 0 Å². The molecule has 182 valence electrons. The van der Waals surface area contributed by atoms with Crippen LogP contribution in [0.15, 0.2) is 70.2 Å². The molecule has 0 saturated heterocycles. The minimum absolute atomic E-state index is 0.0434. The summed E-state index contributed by atoms with van der Waals surface area (Å²) in [6, 6.07) is 17.3. The van der Waals surface area contributed by atoms with Gasteiger partial charge in [-0.05, 0) is 55.7 Å². The molecule has 0 fully saturated rings. The van der Waals surface area contributed by atoms with Crippen LogP contribution < -0.4 is 4.74 Å². The van der Waals surface area contributed by atoms with Crippen LogP contribution in [0.25, 0.3) is 11.5 Å². The van der Waals surface area contributed by atoms with E-state index < -0.39 is 12.1 Å². The van der Waals surface area contributed by atoms with E-state index in [2.05, 4.69) is 4.98 Å². The van der Waals surface area contributed by atoms with Crippen LogP contribution in [0.2, 0.25) is 0 Å². The molecular formula is C27H28N2O6. The van der Waals surface area contributed by atoms with Gasteiger partial charge in [0, 0.05) is 18.5 Å². The number of aryl methyl sites for hydroxylation is 1. The van der Waals surface area contributed by atoms with Crippen LogP contribution in [-0.2, 0) is 22.4 Å². The van der Waals surface area contributed by atoms with Gasteiger partial charge in [-0.3, -0.25) is 4.90 Å². The summed E-state index contributed by atoms with van der Waals surface area (Å²) in [6.07, 6.45) is 0.504. The van der Waals surface area contributed by atoms with Gasteiger partial charge in [-0.25, -0.2) is 14.6 Å². The van der Waals surface area contributed by atoms with Gasteiger partial charge < -0.3 is 19.0 Å². The number of oxazole rings is 1. The molecule has 1 aliphatic heterocycles. The molecular weight excluding hydrogens is 448 g/mol. The fraction of sp³-hybridized carbons (Fsp3) is 0.296. The molecule has 2 heterocycles. The maximum atomic E-state index is 12.1. The molecule has 0 bridgehead atoms. The first kappa shape index (κ1) is 24.1. The summed E-state index contributed by atoms with van der Waals surface area (Å²) >= 11 is 0. The molecule has 0 aliphatic carbocycles. The number of amides is 1. The number of rotatable bonds is 9. The van der Waals surface area contributed by atoms with Gasteiger partial charge in [0.2, 0.25) is 5.89 Å². The standard InChI is InChI=1S/C27H28N2O6/c1-3-33-27(32)29-16-21(23(17-29)26(30)31)14-19-8-7-11-22(15-19)34-13-12-24-18(2)35-25(28-24)20-9-5-4-6-10-20/h4-11,15H,3,12-14,16-17H2,1-2H3,(H,30,31). The van der Waals surface area contributed by atoms with Crippen molar-refractivity contribution in [3.8, 4) is 17.2 Å². The molecule has 0 unspecified atom stereocenters. The Kier molecular flexibility index (Phi) is 7.50. The second kappa shape index (κ2) is 10.9. The second-order valence-corrected chi connectivity index (χ2v) is 8.25. The largest absolute Gasteiger partial charge is 0.493 e. The first-order chi connectivity index (χ1) is 16.9. The number of aromatic nitrogens is 1. The van der Waals surface area contributed by atoms with Gasteiger partial charge in [-0.15, -0.1) is 0 Å². The highest BCUT2D eigenvalue weighted by molar-refractivity contribution is 5.90. The van der Waals surface area contributed by atoms with E-state index in [-0.39, 0.29) is 25.3 Å². The molecule has 1 amide bonds. The quantitative estimate of drug-likeness (QED) is 0.479. The summed E-state index contributed by atoms with van der Waals surface area (Å²) in [7, 11) is 0. The lowest BCUT2D eigenvalue weighted by atomic mass is 10.0. The van der Waals surface area contributed by atoms with Crippen molar-refractivity contribution in [2.24, 2.45) is 0 Å². The van der Waals surface area contributed by atoms with Crippen LogP contribution in [0.1, 0.15) is 23.9 Å². The van der Waals surface area contributed by atoms with Gasteiger partial charge >= 0.3 is 12.1 Å². The Balaban J connectivity index is 1.37. The number of benzene rings is 2. The van der Waals surface area contributed by atoms with Crippen LogP contribution >= 0.6 is 0 Å². The van der Waals surface area contributed by atoms with Crippen molar-refractivity contribution in [2.45, 2.75) is 26.7 Å². The summed E-state index contributed by atoms with van der Waals surface area (Å²) in [5.74, 6) is 1.03. The van der Waals surface area contributed by atoms with E-state index in [9.17, 15) is 14.7 Å². The number of ether oxygens (including phenoxy) is 2. The predicted molar refractivity (Wildman–Crippen MR) is 129 cm³/mol. The molecule has 8 nitrogen and oxygen atoms in total. The highest BCUT2D eigenvalue weighted by Gasteiger charge is 2.30. The Morgan fingerprint density at radius 2 is 1.91 bits per heavy atom. The summed E-state index contributed by atoms with van der Waals surface area (Å²) < 4.78 is 16.8. The smallest absolute Gasteiger partial charge is 0.410 e. The van der Waals surface area contributed by atoms with Crippen LogP contribution in [0.3, 0.4) is 0 Å². The molecule has 1 aromatic heterocycles. The first-order valence-corrected chi connectivity index (χ1v) is 11.5. The number of hydrogen-bond acceptors (Lipinski definition) is 6. The van der Waals surface area contributed by atoms with Crippen LogP contribution in [0.5, 0.6) is 5.75 Å². The maximum Gasteiger partial charge on any atom is 0.410 e. The third kappa shape index (κ3) is 5.90. The molecule has 4 rings (SSSR count). The Labute approximate surface area is 203 Å². The molecule has 0 radical (unpaired) electrons. The third-order valence-electron chi connectivity index (χ3n) is 5.78. The summed E-state index contributed by atoms with van der Waals surface area (Å²) in [4.78, 5) is 29.8. The number of hydrogen-bond donors (Lipinski definition) is 1. The zero-order chi connectivity index (χ0) is 24.8. The van der Waals surface area contributed by atoms with E-state index in [4.69, 9.17) is 13.9 Å². The number of carbonyl (C=O) groups is 2. The van der Waals surface area contributed by atoms with E-state index in [0.29, 0.717) is 36.7 Å².